The van der Waals surface area contributed by atoms with Crippen molar-refractivity contribution in [2.24, 2.45) is 5.92 Å². The number of piperidine rings is 1. The predicted molar refractivity (Wildman–Crippen MR) is 110 cm³/mol. The van der Waals surface area contributed by atoms with Gasteiger partial charge in [-0.1, -0.05) is 0 Å². The highest BCUT2D eigenvalue weighted by Gasteiger charge is 2.35. The molecular formula is C23H32N2O4. The van der Waals surface area contributed by atoms with Gasteiger partial charge in [-0.2, -0.15) is 0 Å². The van der Waals surface area contributed by atoms with Gasteiger partial charge in [-0.05, 0) is 63.8 Å². The number of rotatable bonds is 5. The Morgan fingerprint density at radius 2 is 1.76 bits per heavy atom. The molecule has 1 saturated carbocycles. The molecule has 0 bridgehead atoms. The van der Waals surface area contributed by atoms with E-state index in [9.17, 15) is 9.59 Å². The van der Waals surface area contributed by atoms with Crippen LogP contribution in [0.5, 0.6) is 5.75 Å². The van der Waals surface area contributed by atoms with Crippen molar-refractivity contribution in [2.45, 2.75) is 70.1 Å². The van der Waals surface area contributed by atoms with Crippen LogP contribution in [0.4, 0.5) is 0 Å². The maximum Gasteiger partial charge on any atom is 0.251 e. The quantitative estimate of drug-likeness (QED) is 0.824. The first-order valence-corrected chi connectivity index (χ1v) is 10.9. The van der Waals surface area contributed by atoms with Crippen LogP contribution in [0.2, 0.25) is 0 Å². The minimum atomic E-state index is -0.188. The molecule has 1 aliphatic carbocycles. The van der Waals surface area contributed by atoms with E-state index in [1.165, 1.54) is 0 Å². The molecule has 6 heteroatoms. The second kappa shape index (κ2) is 8.34. The average molecular weight is 401 g/mol. The van der Waals surface area contributed by atoms with Gasteiger partial charge in [0.05, 0.1) is 5.60 Å². The lowest BCUT2D eigenvalue weighted by Crippen LogP contribution is -2.45. The second-order valence-electron chi connectivity index (χ2n) is 9.21. The molecule has 4 rings (SSSR count). The Morgan fingerprint density at radius 1 is 1.07 bits per heavy atom. The number of hydrogen-bond donors (Lipinski definition) is 1. The summed E-state index contributed by atoms with van der Waals surface area (Å²) in [4.78, 5) is 26.7. The molecule has 1 N–H and O–H groups in total. The van der Waals surface area contributed by atoms with Gasteiger partial charge < -0.3 is 19.7 Å². The number of hydrogen-bond acceptors (Lipinski definition) is 4. The number of carbonyl (C=O) groups is 2. The first-order valence-electron chi connectivity index (χ1n) is 10.9. The molecule has 0 spiro atoms. The molecular weight excluding hydrogens is 368 g/mol. The van der Waals surface area contributed by atoms with Crippen molar-refractivity contribution in [3.8, 4) is 5.75 Å². The Kier molecular flexibility index (Phi) is 5.81. The lowest BCUT2D eigenvalue weighted by Gasteiger charge is -2.35. The average Bonchev–Trinajstić information content (AvgIpc) is 3.53. The SMILES string of the molecule is CC1(C)C[C@H](NC(=O)c2ccc(OC3CCN(C(=O)C4CC4)CC3)cc2)CCO1. The molecule has 2 aliphatic heterocycles. The number of carbonyl (C=O) groups excluding carboxylic acids is 2. The highest BCUT2D eigenvalue weighted by molar-refractivity contribution is 5.94. The number of benzene rings is 1. The van der Waals surface area contributed by atoms with Gasteiger partial charge in [0.2, 0.25) is 5.91 Å². The van der Waals surface area contributed by atoms with Crippen LogP contribution >= 0.6 is 0 Å². The maximum atomic E-state index is 12.6. The molecule has 6 nitrogen and oxygen atoms in total. The normalized spacial score (nSPS) is 24.8. The van der Waals surface area contributed by atoms with Crippen LogP contribution in [0.3, 0.4) is 0 Å². The summed E-state index contributed by atoms with van der Waals surface area (Å²) < 4.78 is 11.8. The van der Waals surface area contributed by atoms with E-state index in [1.54, 1.807) is 0 Å². The van der Waals surface area contributed by atoms with Crippen LogP contribution in [0.25, 0.3) is 0 Å². The van der Waals surface area contributed by atoms with Crippen LogP contribution in [0, 0.1) is 5.92 Å². The molecule has 2 heterocycles. The molecule has 2 saturated heterocycles. The standard InChI is InChI=1S/C23H32N2O4/c1-23(2)15-18(11-14-28-23)24-21(26)16-5-7-19(8-6-16)29-20-9-12-25(13-10-20)22(27)17-3-4-17/h5-8,17-18,20H,3-4,9-15H2,1-2H3,(H,24,26)/t18-/m1/s1. The van der Waals surface area contributed by atoms with Crippen LogP contribution < -0.4 is 10.1 Å². The van der Waals surface area contributed by atoms with Gasteiger partial charge in [-0.15, -0.1) is 0 Å². The van der Waals surface area contributed by atoms with Crippen molar-refractivity contribution >= 4 is 11.8 Å². The maximum absolute atomic E-state index is 12.6. The number of amides is 2. The summed E-state index contributed by atoms with van der Waals surface area (Å²) in [6.07, 6.45) is 5.63. The molecule has 1 aromatic carbocycles. The summed E-state index contributed by atoms with van der Waals surface area (Å²) in [6, 6.07) is 7.52. The van der Waals surface area contributed by atoms with Crippen LogP contribution in [0.15, 0.2) is 24.3 Å². The molecule has 1 atom stereocenters. The molecule has 0 unspecified atom stereocenters. The van der Waals surface area contributed by atoms with Gasteiger partial charge in [-0.25, -0.2) is 0 Å². The molecule has 3 fully saturated rings. The molecule has 158 valence electrons. The third-order valence-corrected chi connectivity index (χ3v) is 6.13. The Morgan fingerprint density at radius 3 is 2.38 bits per heavy atom. The van der Waals surface area contributed by atoms with Crippen LogP contribution in [-0.4, -0.2) is 54.2 Å². The summed E-state index contributed by atoms with van der Waals surface area (Å²) in [5.74, 6) is 1.34. The van der Waals surface area contributed by atoms with Gasteiger partial charge >= 0.3 is 0 Å². The lowest BCUT2D eigenvalue weighted by molar-refractivity contribution is -0.134. The first-order chi connectivity index (χ1) is 13.9. The number of ether oxygens (including phenoxy) is 2. The van der Waals surface area contributed by atoms with Crippen LogP contribution in [-0.2, 0) is 9.53 Å². The summed E-state index contributed by atoms with van der Waals surface area (Å²) in [7, 11) is 0. The van der Waals surface area contributed by atoms with E-state index in [2.05, 4.69) is 19.2 Å². The summed E-state index contributed by atoms with van der Waals surface area (Å²) in [6.45, 7) is 6.35. The molecule has 29 heavy (non-hydrogen) atoms. The van der Waals surface area contributed by atoms with Crippen molar-refractivity contribution in [3.63, 3.8) is 0 Å². The van der Waals surface area contributed by atoms with Gasteiger partial charge in [0.15, 0.2) is 0 Å². The van der Waals surface area contributed by atoms with E-state index in [0.717, 1.165) is 57.4 Å². The minimum Gasteiger partial charge on any atom is -0.490 e. The van der Waals surface area contributed by atoms with Crippen molar-refractivity contribution < 1.29 is 19.1 Å². The highest BCUT2D eigenvalue weighted by Crippen LogP contribution is 2.32. The van der Waals surface area contributed by atoms with Crippen molar-refractivity contribution in [1.82, 2.24) is 10.2 Å². The van der Waals surface area contributed by atoms with Crippen LogP contribution in [0.1, 0.15) is 62.7 Å². The van der Waals surface area contributed by atoms with E-state index in [1.807, 2.05) is 29.2 Å². The Balaban J connectivity index is 1.25. The molecule has 0 aromatic heterocycles. The highest BCUT2D eigenvalue weighted by atomic mass is 16.5. The molecule has 0 radical (unpaired) electrons. The zero-order valence-corrected chi connectivity index (χ0v) is 17.5. The number of nitrogens with zero attached hydrogens (tertiary/aromatic N) is 1. The fraction of sp³-hybridized carbons (Fsp3) is 0.652. The van der Waals surface area contributed by atoms with Gasteiger partial charge in [0, 0.05) is 50.1 Å². The van der Waals surface area contributed by atoms with E-state index in [0.29, 0.717) is 24.0 Å². The Hall–Kier alpha value is -2.08. The summed E-state index contributed by atoms with van der Waals surface area (Å²) >= 11 is 0. The third-order valence-electron chi connectivity index (χ3n) is 6.13. The Bertz CT molecular complexity index is 734. The van der Waals surface area contributed by atoms with Gasteiger partial charge in [0.25, 0.3) is 5.91 Å². The fourth-order valence-electron chi connectivity index (χ4n) is 4.28. The second-order valence-corrected chi connectivity index (χ2v) is 9.21. The van der Waals surface area contributed by atoms with E-state index < -0.39 is 0 Å². The van der Waals surface area contributed by atoms with E-state index in [-0.39, 0.29) is 23.7 Å². The molecule has 2 amide bonds. The van der Waals surface area contributed by atoms with Crippen molar-refractivity contribution in [2.75, 3.05) is 19.7 Å². The zero-order valence-electron chi connectivity index (χ0n) is 17.5. The van der Waals surface area contributed by atoms with Crippen molar-refractivity contribution in [1.29, 1.82) is 0 Å². The fourth-order valence-corrected chi connectivity index (χ4v) is 4.28. The lowest BCUT2D eigenvalue weighted by atomic mass is 9.94. The minimum absolute atomic E-state index is 0.0499. The smallest absolute Gasteiger partial charge is 0.251 e. The Labute approximate surface area is 172 Å². The van der Waals surface area contributed by atoms with E-state index in [4.69, 9.17) is 9.47 Å². The number of nitrogens with one attached hydrogen (secondary N) is 1. The van der Waals surface area contributed by atoms with E-state index >= 15 is 0 Å². The van der Waals surface area contributed by atoms with Gasteiger partial charge in [0.1, 0.15) is 11.9 Å². The van der Waals surface area contributed by atoms with Gasteiger partial charge in [-0.3, -0.25) is 9.59 Å². The predicted octanol–water partition coefficient (Wildman–Crippen LogP) is 3.15. The molecule has 1 aromatic rings. The third kappa shape index (κ3) is 5.30. The topological polar surface area (TPSA) is 67.9 Å². The number of likely N-dealkylation sites (tertiary alicyclic amines) is 1. The summed E-state index contributed by atoms with van der Waals surface area (Å²) in [5.41, 5.74) is 0.457. The largest absolute Gasteiger partial charge is 0.490 e. The zero-order chi connectivity index (χ0) is 20.4. The molecule has 3 aliphatic rings. The van der Waals surface area contributed by atoms with Crippen molar-refractivity contribution in [3.05, 3.63) is 29.8 Å². The first kappa shape index (κ1) is 20.2. The monoisotopic (exact) mass is 400 g/mol. The summed E-state index contributed by atoms with van der Waals surface area (Å²) in [5, 5.41) is 3.12.